The van der Waals surface area contributed by atoms with Crippen LogP contribution in [-0.2, 0) is 6.42 Å². The Kier molecular flexibility index (Phi) is 3.64. The molecule has 0 fully saturated rings. The minimum absolute atomic E-state index is 0.0925. The molecule has 0 aromatic heterocycles. The third kappa shape index (κ3) is 2.58. The van der Waals surface area contributed by atoms with Gasteiger partial charge in [-0.25, -0.2) is 0 Å². The molecule has 92 valence electrons. The van der Waals surface area contributed by atoms with E-state index in [1.165, 1.54) is 11.3 Å². The summed E-state index contributed by atoms with van der Waals surface area (Å²) in [5, 5.41) is 6.34. The van der Waals surface area contributed by atoms with E-state index in [0.717, 1.165) is 31.6 Å². The standard InChI is InChI=1S/C13H19N3O/c1-14-7-8-16(2)13(17)11-3-4-12-10(9-11)5-6-15-12/h3-4,9,14-15H,5-8H2,1-2H3. The minimum atomic E-state index is 0.0925. The molecule has 0 saturated carbocycles. The monoisotopic (exact) mass is 233 g/mol. The molecule has 1 aromatic rings. The fourth-order valence-electron chi connectivity index (χ4n) is 2.04. The highest BCUT2D eigenvalue weighted by molar-refractivity contribution is 5.94. The predicted molar refractivity (Wildman–Crippen MR) is 69.5 cm³/mol. The van der Waals surface area contributed by atoms with Crippen LogP contribution in [0.2, 0.25) is 0 Å². The van der Waals surface area contributed by atoms with Crippen molar-refractivity contribution in [2.75, 3.05) is 39.0 Å². The molecule has 2 rings (SSSR count). The highest BCUT2D eigenvalue weighted by atomic mass is 16.2. The van der Waals surface area contributed by atoms with Gasteiger partial charge in [-0.15, -0.1) is 0 Å². The number of carbonyl (C=O) groups is 1. The van der Waals surface area contributed by atoms with Gasteiger partial charge in [0, 0.05) is 37.9 Å². The van der Waals surface area contributed by atoms with Gasteiger partial charge in [-0.05, 0) is 37.2 Å². The lowest BCUT2D eigenvalue weighted by Gasteiger charge is -2.17. The number of likely N-dealkylation sites (N-methyl/N-ethyl adjacent to an activating group) is 2. The molecule has 0 aliphatic carbocycles. The van der Waals surface area contributed by atoms with E-state index >= 15 is 0 Å². The van der Waals surface area contributed by atoms with E-state index in [2.05, 4.69) is 10.6 Å². The molecule has 1 amide bonds. The van der Waals surface area contributed by atoms with Gasteiger partial charge in [-0.2, -0.15) is 0 Å². The molecule has 0 bridgehead atoms. The fourth-order valence-corrected chi connectivity index (χ4v) is 2.04. The summed E-state index contributed by atoms with van der Waals surface area (Å²) in [5.74, 6) is 0.0925. The van der Waals surface area contributed by atoms with Crippen LogP contribution in [0.4, 0.5) is 5.69 Å². The van der Waals surface area contributed by atoms with Gasteiger partial charge in [-0.3, -0.25) is 4.79 Å². The van der Waals surface area contributed by atoms with E-state index in [0.29, 0.717) is 0 Å². The van der Waals surface area contributed by atoms with E-state index in [-0.39, 0.29) is 5.91 Å². The summed E-state index contributed by atoms with van der Waals surface area (Å²) in [6, 6.07) is 5.91. The Balaban J connectivity index is 2.09. The highest BCUT2D eigenvalue weighted by Crippen LogP contribution is 2.23. The number of nitrogens with zero attached hydrogens (tertiary/aromatic N) is 1. The van der Waals surface area contributed by atoms with Gasteiger partial charge in [0.2, 0.25) is 0 Å². The van der Waals surface area contributed by atoms with Gasteiger partial charge in [-0.1, -0.05) is 0 Å². The number of benzene rings is 1. The van der Waals surface area contributed by atoms with Crippen molar-refractivity contribution < 1.29 is 4.79 Å². The number of nitrogens with one attached hydrogen (secondary N) is 2. The summed E-state index contributed by atoms with van der Waals surface area (Å²) in [7, 11) is 3.73. The maximum absolute atomic E-state index is 12.1. The van der Waals surface area contributed by atoms with E-state index in [1.807, 2.05) is 32.3 Å². The molecular weight excluding hydrogens is 214 g/mol. The van der Waals surface area contributed by atoms with Gasteiger partial charge in [0.1, 0.15) is 0 Å². The van der Waals surface area contributed by atoms with Crippen molar-refractivity contribution in [1.29, 1.82) is 0 Å². The second-order valence-electron chi connectivity index (χ2n) is 4.38. The van der Waals surface area contributed by atoms with E-state index in [9.17, 15) is 4.79 Å². The smallest absolute Gasteiger partial charge is 0.253 e. The average Bonchev–Trinajstić information content (AvgIpc) is 2.81. The zero-order valence-electron chi connectivity index (χ0n) is 10.4. The van der Waals surface area contributed by atoms with Gasteiger partial charge in [0.25, 0.3) is 5.91 Å². The highest BCUT2D eigenvalue weighted by Gasteiger charge is 2.15. The second-order valence-corrected chi connectivity index (χ2v) is 4.38. The van der Waals surface area contributed by atoms with Crippen LogP contribution in [0.5, 0.6) is 0 Å². The molecule has 0 atom stereocenters. The largest absolute Gasteiger partial charge is 0.384 e. The fraction of sp³-hybridized carbons (Fsp3) is 0.462. The van der Waals surface area contributed by atoms with Gasteiger partial charge in [0.05, 0.1) is 0 Å². The van der Waals surface area contributed by atoms with Crippen molar-refractivity contribution in [3.63, 3.8) is 0 Å². The average molecular weight is 233 g/mol. The Labute approximate surface area is 102 Å². The zero-order chi connectivity index (χ0) is 12.3. The van der Waals surface area contributed by atoms with Crippen LogP contribution in [-0.4, -0.2) is 44.5 Å². The van der Waals surface area contributed by atoms with Crippen LogP contribution in [0.3, 0.4) is 0 Å². The van der Waals surface area contributed by atoms with Crippen molar-refractivity contribution in [3.05, 3.63) is 29.3 Å². The Bertz CT molecular complexity index is 417. The van der Waals surface area contributed by atoms with Gasteiger partial charge >= 0.3 is 0 Å². The Hall–Kier alpha value is -1.55. The lowest BCUT2D eigenvalue weighted by molar-refractivity contribution is 0.0797. The Morgan fingerprint density at radius 1 is 1.53 bits per heavy atom. The molecule has 2 N–H and O–H groups in total. The second kappa shape index (κ2) is 5.19. The zero-order valence-corrected chi connectivity index (χ0v) is 10.4. The topological polar surface area (TPSA) is 44.4 Å². The van der Waals surface area contributed by atoms with E-state index < -0.39 is 0 Å². The van der Waals surface area contributed by atoms with Crippen molar-refractivity contribution in [2.45, 2.75) is 6.42 Å². The summed E-state index contributed by atoms with van der Waals surface area (Å²) in [4.78, 5) is 13.9. The van der Waals surface area contributed by atoms with Crippen LogP contribution in [0.15, 0.2) is 18.2 Å². The van der Waals surface area contributed by atoms with Crippen LogP contribution >= 0.6 is 0 Å². The number of amides is 1. The van der Waals surface area contributed by atoms with Crippen LogP contribution < -0.4 is 10.6 Å². The summed E-state index contributed by atoms with van der Waals surface area (Å²) in [6.07, 6.45) is 1.01. The maximum Gasteiger partial charge on any atom is 0.253 e. The first-order valence-corrected chi connectivity index (χ1v) is 5.99. The number of carbonyl (C=O) groups excluding carboxylic acids is 1. The quantitative estimate of drug-likeness (QED) is 0.813. The first-order valence-electron chi connectivity index (χ1n) is 5.99. The molecule has 1 aromatic carbocycles. The van der Waals surface area contributed by atoms with Crippen LogP contribution in [0, 0.1) is 0 Å². The summed E-state index contributed by atoms with van der Waals surface area (Å²) >= 11 is 0. The first kappa shape index (κ1) is 11.9. The Morgan fingerprint density at radius 3 is 3.12 bits per heavy atom. The SMILES string of the molecule is CNCCN(C)C(=O)c1ccc2c(c1)CCN2. The number of hydrogen-bond donors (Lipinski definition) is 2. The first-order chi connectivity index (χ1) is 8.22. The van der Waals surface area contributed by atoms with Crippen molar-refractivity contribution >= 4 is 11.6 Å². The van der Waals surface area contributed by atoms with Gasteiger partial charge in [0.15, 0.2) is 0 Å². The summed E-state index contributed by atoms with van der Waals surface area (Å²) in [6.45, 7) is 2.52. The Morgan fingerprint density at radius 2 is 2.35 bits per heavy atom. The maximum atomic E-state index is 12.1. The molecule has 0 radical (unpaired) electrons. The van der Waals surface area contributed by atoms with Crippen molar-refractivity contribution in [3.8, 4) is 0 Å². The third-order valence-electron chi connectivity index (χ3n) is 3.11. The molecule has 1 heterocycles. The van der Waals surface area contributed by atoms with E-state index in [4.69, 9.17) is 0 Å². The van der Waals surface area contributed by atoms with Crippen LogP contribution in [0.25, 0.3) is 0 Å². The van der Waals surface area contributed by atoms with Crippen LogP contribution in [0.1, 0.15) is 15.9 Å². The molecule has 17 heavy (non-hydrogen) atoms. The molecule has 4 heteroatoms. The van der Waals surface area contributed by atoms with E-state index in [1.54, 1.807) is 4.90 Å². The summed E-state index contributed by atoms with van der Waals surface area (Å²) < 4.78 is 0. The summed E-state index contributed by atoms with van der Waals surface area (Å²) in [5.41, 5.74) is 3.20. The molecule has 0 spiro atoms. The van der Waals surface area contributed by atoms with Crippen molar-refractivity contribution in [2.24, 2.45) is 0 Å². The minimum Gasteiger partial charge on any atom is -0.384 e. The molecule has 1 aliphatic rings. The van der Waals surface area contributed by atoms with Gasteiger partial charge < -0.3 is 15.5 Å². The normalized spacial score (nSPS) is 13.1. The number of rotatable bonds is 4. The molecular formula is C13H19N3O. The number of anilines is 1. The molecule has 4 nitrogen and oxygen atoms in total. The molecule has 0 unspecified atom stereocenters. The number of fused-ring (bicyclic) bond motifs is 1. The molecule has 0 saturated heterocycles. The predicted octanol–water partition coefficient (Wildman–Crippen LogP) is 0.946. The lowest BCUT2D eigenvalue weighted by atomic mass is 10.1. The third-order valence-corrected chi connectivity index (χ3v) is 3.11. The number of hydrogen-bond acceptors (Lipinski definition) is 3. The lowest BCUT2D eigenvalue weighted by Crippen LogP contribution is -2.32. The van der Waals surface area contributed by atoms with Crippen molar-refractivity contribution in [1.82, 2.24) is 10.2 Å². The molecule has 1 aliphatic heterocycles.